The van der Waals surface area contributed by atoms with Gasteiger partial charge in [0, 0.05) is 43.5 Å². The zero-order valence-electron chi connectivity index (χ0n) is 19.1. The van der Waals surface area contributed by atoms with E-state index in [9.17, 15) is 19.2 Å². The molecule has 0 saturated carbocycles. The molecular weight excluding hydrogens is 456 g/mol. The molecule has 2 aromatic rings. The molecule has 0 unspecified atom stereocenters. The highest BCUT2D eigenvalue weighted by atomic mass is 32.1. The van der Waals surface area contributed by atoms with Gasteiger partial charge in [0.2, 0.25) is 11.8 Å². The zero-order valence-corrected chi connectivity index (χ0v) is 19.9. The van der Waals surface area contributed by atoms with Crippen molar-refractivity contribution in [3.05, 3.63) is 45.8 Å². The average molecular weight is 485 g/mol. The molecule has 10 heteroatoms. The molecule has 1 saturated heterocycles. The number of hydrazine groups is 1. The van der Waals surface area contributed by atoms with Crippen LogP contribution in [0.3, 0.4) is 0 Å². The number of nitrogens with one attached hydrogen (secondary N) is 3. The average Bonchev–Trinajstić information content (AvgIpc) is 3.21. The van der Waals surface area contributed by atoms with Gasteiger partial charge in [-0.3, -0.25) is 24.6 Å². The van der Waals surface area contributed by atoms with Crippen LogP contribution in [0.5, 0.6) is 0 Å². The van der Waals surface area contributed by atoms with Crippen molar-refractivity contribution in [3.8, 4) is 0 Å². The first-order valence-electron chi connectivity index (χ1n) is 11.4. The molecule has 180 valence electrons. The van der Waals surface area contributed by atoms with Gasteiger partial charge in [-0.1, -0.05) is 0 Å². The number of hydrogen-bond acceptors (Lipinski definition) is 6. The monoisotopic (exact) mass is 484 g/mol. The predicted octanol–water partition coefficient (Wildman–Crippen LogP) is 2.80. The lowest BCUT2D eigenvalue weighted by Gasteiger charge is -2.27. The van der Waals surface area contributed by atoms with Gasteiger partial charge in [0.05, 0.1) is 11.3 Å². The summed E-state index contributed by atoms with van der Waals surface area (Å²) in [5, 5.41) is 7.62. The van der Waals surface area contributed by atoms with Gasteiger partial charge in [0.25, 0.3) is 11.8 Å². The van der Waals surface area contributed by atoms with E-state index < -0.39 is 0 Å². The number of fused-ring (bicyclic) bond motifs is 1. The highest BCUT2D eigenvalue weighted by Crippen LogP contribution is 2.38. The van der Waals surface area contributed by atoms with Crippen molar-refractivity contribution in [1.82, 2.24) is 10.7 Å². The third-order valence-electron chi connectivity index (χ3n) is 5.88. The number of rotatable bonds is 8. The Hall–Kier alpha value is -3.24. The number of nitrogens with zero attached hydrogens (tertiary/aromatic N) is 1. The summed E-state index contributed by atoms with van der Waals surface area (Å²) in [5.41, 5.74) is 5.00. The van der Waals surface area contributed by atoms with Crippen LogP contribution >= 0.6 is 11.3 Å². The molecule has 1 aromatic carbocycles. The normalized spacial score (nSPS) is 15.5. The van der Waals surface area contributed by atoms with Gasteiger partial charge in [0.15, 0.2) is 0 Å². The molecule has 9 nitrogen and oxygen atoms in total. The Kier molecular flexibility index (Phi) is 7.59. The van der Waals surface area contributed by atoms with Crippen molar-refractivity contribution in [2.75, 3.05) is 30.6 Å². The lowest BCUT2D eigenvalue weighted by Crippen LogP contribution is -2.50. The lowest BCUT2D eigenvalue weighted by atomic mass is 9.95. The van der Waals surface area contributed by atoms with Crippen molar-refractivity contribution < 1.29 is 23.9 Å². The fourth-order valence-electron chi connectivity index (χ4n) is 4.12. The van der Waals surface area contributed by atoms with E-state index in [4.69, 9.17) is 4.74 Å². The molecule has 1 aliphatic carbocycles. The van der Waals surface area contributed by atoms with E-state index in [0.717, 1.165) is 36.1 Å². The predicted molar refractivity (Wildman–Crippen MR) is 129 cm³/mol. The van der Waals surface area contributed by atoms with E-state index in [2.05, 4.69) is 16.1 Å². The Morgan fingerprint density at radius 1 is 1.06 bits per heavy atom. The Morgan fingerprint density at radius 3 is 2.59 bits per heavy atom. The van der Waals surface area contributed by atoms with Gasteiger partial charge >= 0.3 is 0 Å². The van der Waals surface area contributed by atoms with Crippen LogP contribution in [-0.2, 0) is 27.2 Å². The van der Waals surface area contributed by atoms with Crippen LogP contribution < -0.4 is 21.1 Å². The number of benzene rings is 1. The molecule has 1 fully saturated rings. The minimum atomic E-state index is -0.340. The van der Waals surface area contributed by atoms with Crippen molar-refractivity contribution in [3.63, 3.8) is 0 Å². The van der Waals surface area contributed by atoms with Gasteiger partial charge in [-0.05, 0) is 61.9 Å². The summed E-state index contributed by atoms with van der Waals surface area (Å²) in [7, 11) is 1.62. The molecule has 34 heavy (non-hydrogen) atoms. The summed E-state index contributed by atoms with van der Waals surface area (Å²) in [4.78, 5) is 50.9. The number of hydrogen-bond donors (Lipinski definition) is 3. The van der Waals surface area contributed by atoms with Crippen LogP contribution in [0.25, 0.3) is 0 Å². The summed E-state index contributed by atoms with van der Waals surface area (Å²) in [6, 6.07) is 6.41. The molecule has 0 atom stereocenters. The minimum Gasteiger partial charge on any atom is -0.385 e. The Balaban J connectivity index is 1.50. The summed E-state index contributed by atoms with van der Waals surface area (Å²) < 4.78 is 5.04. The fourth-order valence-corrected chi connectivity index (χ4v) is 5.40. The van der Waals surface area contributed by atoms with Crippen LogP contribution in [-0.4, -0.2) is 43.9 Å². The number of methoxy groups -OCH3 is 1. The fraction of sp³-hybridized carbons (Fsp3) is 0.417. The molecule has 4 amide bonds. The SMILES string of the molecule is COCCCNC(=O)c1c(NC(=O)c2ccc(N3NC(=O)CCC3=O)cc2)sc2c1CCCC2. The first-order chi connectivity index (χ1) is 16.5. The van der Waals surface area contributed by atoms with E-state index in [-0.39, 0.29) is 36.5 Å². The van der Waals surface area contributed by atoms with Crippen LogP contribution in [0.1, 0.15) is 63.3 Å². The zero-order chi connectivity index (χ0) is 24.1. The van der Waals surface area contributed by atoms with Gasteiger partial charge in [-0.15, -0.1) is 11.3 Å². The van der Waals surface area contributed by atoms with E-state index >= 15 is 0 Å². The second kappa shape index (κ2) is 10.8. The van der Waals surface area contributed by atoms with Gasteiger partial charge in [-0.2, -0.15) is 0 Å². The lowest BCUT2D eigenvalue weighted by molar-refractivity contribution is -0.130. The number of aryl methyl sites for hydroxylation is 1. The number of carbonyl (C=O) groups excluding carboxylic acids is 4. The van der Waals surface area contributed by atoms with Crippen molar-refractivity contribution in [1.29, 1.82) is 0 Å². The maximum absolute atomic E-state index is 13.0. The standard InChI is InChI=1S/C24H28N4O5S/c1-33-14-4-13-25-23(32)21-17-5-2-3-6-18(17)34-24(21)26-22(31)15-7-9-16(10-8-15)28-20(30)12-11-19(29)27-28/h7-10H,2-6,11-14H2,1H3,(H,25,32)(H,26,31)(H,27,29). The van der Waals surface area contributed by atoms with Crippen LogP contribution in [0.2, 0.25) is 0 Å². The maximum Gasteiger partial charge on any atom is 0.256 e. The molecule has 1 aliphatic heterocycles. The minimum absolute atomic E-state index is 0.146. The van der Waals surface area contributed by atoms with Gasteiger partial charge in [0.1, 0.15) is 5.00 Å². The molecule has 0 spiro atoms. The first-order valence-corrected chi connectivity index (χ1v) is 12.2. The number of ether oxygens (including phenoxy) is 1. The molecular formula is C24H28N4O5S. The molecule has 1 aromatic heterocycles. The highest BCUT2D eigenvalue weighted by molar-refractivity contribution is 7.17. The molecule has 0 bridgehead atoms. The van der Waals surface area contributed by atoms with Gasteiger partial charge in [-0.25, -0.2) is 5.01 Å². The van der Waals surface area contributed by atoms with E-state index in [0.29, 0.717) is 41.4 Å². The second-order valence-electron chi connectivity index (χ2n) is 8.28. The summed E-state index contributed by atoms with van der Waals surface area (Å²) in [5.74, 6) is -0.952. The molecule has 3 N–H and O–H groups in total. The van der Waals surface area contributed by atoms with Gasteiger partial charge < -0.3 is 15.4 Å². The number of thiophene rings is 1. The van der Waals surface area contributed by atoms with Crippen LogP contribution in [0.15, 0.2) is 24.3 Å². The number of carbonyl (C=O) groups is 4. The Labute approximate surface area is 201 Å². The third-order valence-corrected chi connectivity index (χ3v) is 7.08. The van der Waals surface area contributed by atoms with E-state index in [1.165, 1.54) is 16.3 Å². The van der Waals surface area contributed by atoms with Crippen LogP contribution in [0, 0.1) is 0 Å². The van der Waals surface area contributed by atoms with Crippen molar-refractivity contribution in [2.45, 2.75) is 44.9 Å². The molecule has 2 heterocycles. The summed E-state index contributed by atoms with van der Waals surface area (Å²) in [6.45, 7) is 1.06. The van der Waals surface area contributed by atoms with E-state index in [1.807, 2.05) is 0 Å². The highest BCUT2D eigenvalue weighted by Gasteiger charge is 2.27. The topological polar surface area (TPSA) is 117 Å². The Bertz CT molecular complexity index is 1100. The largest absolute Gasteiger partial charge is 0.385 e. The van der Waals surface area contributed by atoms with Crippen molar-refractivity contribution in [2.24, 2.45) is 0 Å². The third kappa shape index (κ3) is 5.28. The van der Waals surface area contributed by atoms with Crippen molar-refractivity contribution >= 4 is 45.7 Å². The maximum atomic E-state index is 13.0. The number of amides is 4. The second-order valence-corrected chi connectivity index (χ2v) is 9.39. The molecule has 4 rings (SSSR count). The smallest absolute Gasteiger partial charge is 0.256 e. The first kappa shape index (κ1) is 23.9. The van der Waals surface area contributed by atoms with E-state index in [1.54, 1.807) is 31.4 Å². The molecule has 2 aliphatic rings. The summed E-state index contributed by atoms with van der Waals surface area (Å²) in [6.07, 6.45) is 4.85. The quantitative estimate of drug-likeness (QED) is 0.498. The Morgan fingerprint density at radius 2 is 1.82 bits per heavy atom. The molecule has 0 radical (unpaired) electrons. The van der Waals surface area contributed by atoms with Crippen LogP contribution in [0.4, 0.5) is 10.7 Å². The summed E-state index contributed by atoms with van der Waals surface area (Å²) >= 11 is 1.47. The number of anilines is 2.